The Bertz CT molecular complexity index is 274. The van der Waals surface area contributed by atoms with Crippen LogP contribution in [0.2, 0.25) is 0 Å². The van der Waals surface area contributed by atoms with Crippen LogP contribution in [0.5, 0.6) is 0 Å². The lowest BCUT2D eigenvalue weighted by Crippen LogP contribution is -2.51. The van der Waals surface area contributed by atoms with E-state index in [1.54, 1.807) is 0 Å². The van der Waals surface area contributed by atoms with E-state index in [1.807, 2.05) is 4.90 Å². The molecule has 0 N–H and O–H groups in total. The first-order chi connectivity index (χ1) is 8.15. The normalized spacial score (nSPS) is 25.2. The summed E-state index contributed by atoms with van der Waals surface area (Å²) in [5, 5.41) is 0. The number of amides is 1. The molecular weight excluding hydrogens is 218 g/mol. The van der Waals surface area contributed by atoms with Gasteiger partial charge in [0.2, 0.25) is 5.91 Å². The Hall–Kier alpha value is -0.610. The second-order valence-electron chi connectivity index (χ2n) is 5.24. The molecule has 17 heavy (non-hydrogen) atoms. The molecule has 0 bridgehead atoms. The Kier molecular flexibility index (Phi) is 4.05. The second-order valence-corrected chi connectivity index (χ2v) is 5.24. The summed E-state index contributed by atoms with van der Waals surface area (Å²) in [7, 11) is 0. The molecule has 0 aromatic heterocycles. The molecular formula is C13H23NO3. The van der Waals surface area contributed by atoms with Gasteiger partial charge in [-0.15, -0.1) is 0 Å². The molecule has 0 aliphatic carbocycles. The molecule has 0 aromatic carbocycles. The minimum atomic E-state index is -0.483. The van der Waals surface area contributed by atoms with E-state index < -0.39 is 5.79 Å². The number of rotatable bonds is 3. The number of ether oxygens (including phenoxy) is 2. The van der Waals surface area contributed by atoms with Crippen LogP contribution in [0.25, 0.3) is 0 Å². The molecule has 1 atom stereocenters. The number of likely N-dealkylation sites (tertiary alicyclic amines) is 1. The summed E-state index contributed by atoms with van der Waals surface area (Å²) in [5.74, 6) is 0.229. The Morgan fingerprint density at radius 3 is 2.76 bits per heavy atom. The van der Waals surface area contributed by atoms with E-state index in [0.29, 0.717) is 32.1 Å². The smallest absolute Gasteiger partial charge is 0.223 e. The lowest BCUT2D eigenvalue weighted by Gasteiger charge is -2.38. The van der Waals surface area contributed by atoms with Gasteiger partial charge in [-0.05, 0) is 12.3 Å². The fourth-order valence-corrected chi connectivity index (χ4v) is 2.51. The minimum Gasteiger partial charge on any atom is -0.346 e. The molecule has 1 amide bonds. The first-order valence-electron chi connectivity index (χ1n) is 6.71. The molecule has 0 aromatic rings. The topological polar surface area (TPSA) is 38.8 Å². The summed E-state index contributed by atoms with van der Waals surface area (Å²) in [5.41, 5.74) is 0. The van der Waals surface area contributed by atoms with E-state index in [1.165, 1.54) is 0 Å². The standard InChI is InChI=1S/C13H23NO3/c1-3-11(2)9-12(15)14-6-4-5-13(10-14)16-7-8-17-13/h11H,3-10H2,1-2H3. The number of nitrogens with zero attached hydrogens (tertiary/aromatic N) is 1. The molecule has 2 aliphatic rings. The molecule has 0 radical (unpaired) electrons. The highest BCUT2D eigenvalue weighted by molar-refractivity contribution is 5.76. The molecule has 2 rings (SSSR count). The lowest BCUT2D eigenvalue weighted by atomic mass is 10.0. The summed E-state index contributed by atoms with van der Waals surface area (Å²) >= 11 is 0. The first kappa shape index (κ1) is 12.8. The molecule has 1 unspecified atom stereocenters. The highest BCUT2D eigenvalue weighted by Crippen LogP contribution is 2.30. The molecule has 2 saturated heterocycles. The van der Waals surface area contributed by atoms with Crippen LogP contribution in [0.15, 0.2) is 0 Å². The third-order valence-electron chi connectivity index (χ3n) is 3.80. The first-order valence-corrected chi connectivity index (χ1v) is 6.71. The average Bonchev–Trinajstić information content (AvgIpc) is 2.77. The van der Waals surface area contributed by atoms with E-state index in [-0.39, 0.29) is 5.91 Å². The summed E-state index contributed by atoms with van der Waals surface area (Å²) in [4.78, 5) is 14.0. The van der Waals surface area contributed by atoms with Crippen molar-refractivity contribution in [1.82, 2.24) is 4.90 Å². The fourth-order valence-electron chi connectivity index (χ4n) is 2.51. The van der Waals surface area contributed by atoms with Gasteiger partial charge in [-0.2, -0.15) is 0 Å². The molecule has 98 valence electrons. The monoisotopic (exact) mass is 241 g/mol. The van der Waals surface area contributed by atoms with Gasteiger partial charge < -0.3 is 14.4 Å². The lowest BCUT2D eigenvalue weighted by molar-refractivity contribution is -0.193. The largest absolute Gasteiger partial charge is 0.346 e. The van der Waals surface area contributed by atoms with Crippen LogP contribution in [0.1, 0.15) is 39.5 Å². The van der Waals surface area contributed by atoms with Gasteiger partial charge >= 0.3 is 0 Å². The van der Waals surface area contributed by atoms with Crippen molar-refractivity contribution in [2.45, 2.75) is 45.3 Å². The predicted molar refractivity (Wildman–Crippen MR) is 64.5 cm³/mol. The Balaban J connectivity index is 1.90. The highest BCUT2D eigenvalue weighted by atomic mass is 16.7. The predicted octanol–water partition coefficient (Wildman–Crippen LogP) is 1.79. The van der Waals surface area contributed by atoms with Crippen LogP contribution in [0, 0.1) is 5.92 Å². The molecule has 2 heterocycles. The van der Waals surface area contributed by atoms with Crippen molar-refractivity contribution in [2.24, 2.45) is 5.92 Å². The summed E-state index contributed by atoms with van der Waals surface area (Å²) < 4.78 is 11.4. The molecule has 1 spiro atoms. The van der Waals surface area contributed by atoms with Crippen molar-refractivity contribution in [2.75, 3.05) is 26.3 Å². The van der Waals surface area contributed by atoms with Gasteiger partial charge in [0.05, 0.1) is 19.8 Å². The van der Waals surface area contributed by atoms with E-state index in [4.69, 9.17) is 9.47 Å². The van der Waals surface area contributed by atoms with Crippen LogP contribution in [0.3, 0.4) is 0 Å². The van der Waals surface area contributed by atoms with E-state index >= 15 is 0 Å². The molecule has 4 nitrogen and oxygen atoms in total. The van der Waals surface area contributed by atoms with Crippen molar-refractivity contribution in [3.63, 3.8) is 0 Å². The maximum Gasteiger partial charge on any atom is 0.223 e. The Morgan fingerprint density at radius 1 is 1.41 bits per heavy atom. The van der Waals surface area contributed by atoms with Crippen LogP contribution in [-0.2, 0) is 14.3 Å². The zero-order chi connectivity index (χ0) is 12.3. The molecule has 4 heteroatoms. The maximum absolute atomic E-state index is 12.1. The van der Waals surface area contributed by atoms with Gasteiger partial charge in [-0.1, -0.05) is 20.3 Å². The minimum absolute atomic E-state index is 0.248. The van der Waals surface area contributed by atoms with Crippen molar-refractivity contribution in [1.29, 1.82) is 0 Å². The van der Waals surface area contributed by atoms with Gasteiger partial charge in [0, 0.05) is 19.4 Å². The number of hydrogen-bond donors (Lipinski definition) is 0. The van der Waals surface area contributed by atoms with Crippen molar-refractivity contribution >= 4 is 5.91 Å². The van der Waals surface area contributed by atoms with Crippen molar-refractivity contribution < 1.29 is 14.3 Å². The summed E-state index contributed by atoms with van der Waals surface area (Å²) in [6.45, 7) is 7.03. The maximum atomic E-state index is 12.1. The zero-order valence-corrected chi connectivity index (χ0v) is 10.9. The zero-order valence-electron chi connectivity index (χ0n) is 10.9. The summed E-state index contributed by atoms with van der Waals surface area (Å²) in [6.07, 6.45) is 3.59. The van der Waals surface area contributed by atoms with Gasteiger partial charge in [0.25, 0.3) is 0 Å². The second kappa shape index (κ2) is 5.36. The highest BCUT2D eigenvalue weighted by Gasteiger charge is 2.41. The van der Waals surface area contributed by atoms with Gasteiger partial charge in [0.15, 0.2) is 5.79 Å². The molecule has 2 aliphatic heterocycles. The fraction of sp³-hybridized carbons (Fsp3) is 0.923. The van der Waals surface area contributed by atoms with E-state index in [9.17, 15) is 4.79 Å². The Labute approximate surface area is 103 Å². The number of hydrogen-bond acceptors (Lipinski definition) is 3. The van der Waals surface area contributed by atoms with E-state index in [0.717, 1.165) is 25.8 Å². The van der Waals surface area contributed by atoms with Crippen LogP contribution >= 0.6 is 0 Å². The van der Waals surface area contributed by atoms with Crippen LogP contribution in [0.4, 0.5) is 0 Å². The Morgan fingerprint density at radius 2 is 2.12 bits per heavy atom. The molecule has 0 saturated carbocycles. The van der Waals surface area contributed by atoms with Gasteiger partial charge in [-0.25, -0.2) is 0 Å². The summed E-state index contributed by atoms with van der Waals surface area (Å²) in [6, 6.07) is 0. The van der Waals surface area contributed by atoms with E-state index in [2.05, 4.69) is 13.8 Å². The average molecular weight is 241 g/mol. The number of carbonyl (C=O) groups is 1. The quantitative estimate of drug-likeness (QED) is 0.756. The van der Waals surface area contributed by atoms with Crippen molar-refractivity contribution in [3.05, 3.63) is 0 Å². The molecule has 2 fully saturated rings. The SMILES string of the molecule is CCC(C)CC(=O)N1CCCC2(C1)OCCO2. The van der Waals surface area contributed by atoms with Crippen LogP contribution < -0.4 is 0 Å². The van der Waals surface area contributed by atoms with Crippen LogP contribution in [-0.4, -0.2) is 42.9 Å². The van der Waals surface area contributed by atoms with Crippen molar-refractivity contribution in [3.8, 4) is 0 Å². The van der Waals surface area contributed by atoms with Gasteiger partial charge in [0.1, 0.15) is 0 Å². The number of carbonyl (C=O) groups excluding carboxylic acids is 1. The third kappa shape index (κ3) is 2.99. The third-order valence-corrected chi connectivity index (χ3v) is 3.80. The number of piperidine rings is 1. The van der Waals surface area contributed by atoms with Gasteiger partial charge in [-0.3, -0.25) is 4.79 Å².